The lowest BCUT2D eigenvalue weighted by Crippen LogP contribution is -2.18. The third kappa shape index (κ3) is 1.73. The van der Waals surface area contributed by atoms with Crippen LogP contribution in [0.2, 0.25) is 0 Å². The van der Waals surface area contributed by atoms with E-state index in [4.69, 9.17) is 4.74 Å². The summed E-state index contributed by atoms with van der Waals surface area (Å²) in [6, 6.07) is 2.43. The molecule has 0 amide bonds. The maximum atomic E-state index is 5.32. The van der Waals surface area contributed by atoms with Gasteiger partial charge < -0.3 is 4.74 Å². The minimum atomic E-state index is 0.454. The molecule has 4 nitrogen and oxygen atoms in total. The second-order valence-electron chi connectivity index (χ2n) is 4.78. The number of methoxy groups -OCH3 is 1. The topological polar surface area (TPSA) is 38.2 Å². The zero-order valence-corrected chi connectivity index (χ0v) is 10.8. The first-order valence-electron chi connectivity index (χ1n) is 6.28. The minimum Gasteiger partial charge on any atom is -0.481 e. The fraction of sp³-hybridized carbons (Fsp3) is 0.429. The standard InChI is InChI=1S/C14H17N3O/c1-17-7-3-4-13(17)12-9-16-14(18-2)10-5-6-15-8-11(10)12/h5-6,8-9,13H,3-4,7H2,1-2H3/t13-/m0/s1. The summed E-state index contributed by atoms with van der Waals surface area (Å²) in [4.78, 5) is 11.1. The predicted molar refractivity (Wildman–Crippen MR) is 70.7 cm³/mol. The quantitative estimate of drug-likeness (QED) is 0.812. The number of ether oxygens (including phenoxy) is 1. The maximum absolute atomic E-state index is 5.32. The molecule has 2 aromatic rings. The van der Waals surface area contributed by atoms with Crippen molar-refractivity contribution in [1.29, 1.82) is 0 Å². The highest BCUT2D eigenvalue weighted by Crippen LogP contribution is 2.36. The van der Waals surface area contributed by atoms with Crippen molar-refractivity contribution < 1.29 is 4.74 Å². The first-order chi connectivity index (χ1) is 8.81. The Balaban J connectivity index is 2.18. The van der Waals surface area contributed by atoms with Gasteiger partial charge in [0.1, 0.15) is 0 Å². The molecule has 3 rings (SSSR count). The molecule has 3 heterocycles. The van der Waals surface area contributed by atoms with Crippen LogP contribution in [0.4, 0.5) is 0 Å². The molecule has 0 saturated carbocycles. The van der Waals surface area contributed by atoms with Crippen molar-refractivity contribution in [2.75, 3.05) is 20.7 Å². The smallest absolute Gasteiger partial charge is 0.221 e. The third-order valence-corrected chi connectivity index (χ3v) is 3.76. The molecular formula is C14H17N3O. The van der Waals surface area contributed by atoms with Crippen LogP contribution in [0.5, 0.6) is 5.88 Å². The van der Waals surface area contributed by atoms with Crippen LogP contribution in [0.3, 0.4) is 0 Å². The van der Waals surface area contributed by atoms with Crippen LogP contribution < -0.4 is 4.74 Å². The van der Waals surface area contributed by atoms with E-state index < -0.39 is 0 Å². The second kappa shape index (κ2) is 4.53. The first-order valence-corrected chi connectivity index (χ1v) is 6.28. The van der Waals surface area contributed by atoms with E-state index in [1.165, 1.54) is 18.4 Å². The molecule has 1 aliphatic heterocycles. The maximum Gasteiger partial charge on any atom is 0.221 e. The van der Waals surface area contributed by atoms with Gasteiger partial charge in [0, 0.05) is 35.4 Å². The van der Waals surface area contributed by atoms with Gasteiger partial charge in [-0.2, -0.15) is 0 Å². The summed E-state index contributed by atoms with van der Waals surface area (Å²) in [6.07, 6.45) is 8.08. The van der Waals surface area contributed by atoms with Crippen LogP contribution in [0.15, 0.2) is 24.7 Å². The molecule has 1 fully saturated rings. The van der Waals surface area contributed by atoms with Gasteiger partial charge >= 0.3 is 0 Å². The number of aromatic nitrogens is 2. The summed E-state index contributed by atoms with van der Waals surface area (Å²) < 4.78 is 5.32. The van der Waals surface area contributed by atoms with Crippen molar-refractivity contribution in [2.45, 2.75) is 18.9 Å². The molecule has 18 heavy (non-hydrogen) atoms. The summed E-state index contributed by atoms with van der Waals surface area (Å²) in [6.45, 7) is 1.15. The highest BCUT2D eigenvalue weighted by Gasteiger charge is 2.25. The lowest BCUT2D eigenvalue weighted by atomic mass is 10.0. The fourth-order valence-electron chi connectivity index (χ4n) is 2.81. The molecule has 1 aliphatic rings. The molecule has 2 aromatic heterocycles. The van der Waals surface area contributed by atoms with E-state index >= 15 is 0 Å². The van der Waals surface area contributed by atoms with E-state index in [-0.39, 0.29) is 0 Å². The summed E-state index contributed by atoms with van der Waals surface area (Å²) >= 11 is 0. The van der Waals surface area contributed by atoms with Crippen molar-refractivity contribution in [3.63, 3.8) is 0 Å². The fourth-order valence-corrected chi connectivity index (χ4v) is 2.81. The van der Waals surface area contributed by atoms with Crippen molar-refractivity contribution >= 4 is 10.8 Å². The van der Waals surface area contributed by atoms with Crippen LogP contribution >= 0.6 is 0 Å². The lowest BCUT2D eigenvalue weighted by molar-refractivity contribution is 0.318. The Morgan fingerprint density at radius 1 is 1.33 bits per heavy atom. The molecule has 0 unspecified atom stereocenters. The molecule has 0 radical (unpaired) electrons. The van der Waals surface area contributed by atoms with Crippen LogP contribution in [0.25, 0.3) is 10.8 Å². The average Bonchev–Trinajstić information content (AvgIpc) is 2.83. The summed E-state index contributed by atoms with van der Waals surface area (Å²) in [7, 11) is 3.83. The Morgan fingerprint density at radius 2 is 2.22 bits per heavy atom. The molecular weight excluding hydrogens is 226 g/mol. The minimum absolute atomic E-state index is 0.454. The first kappa shape index (κ1) is 11.4. The van der Waals surface area contributed by atoms with Crippen LogP contribution in [0.1, 0.15) is 24.4 Å². The van der Waals surface area contributed by atoms with Crippen LogP contribution in [-0.4, -0.2) is 35.6 Å². The highest BCUT2D eigenvalue weighted by atomic mass is 16.5. The number of nitrogens with zero attached hydrogens (tertiary/aromatic N) is 3. The normalized spacial score (nSPS) is 20.4. The lowest BCUT2D eigenvalue weighted by Gasteiger charge is -2.21. The molecule has 1 atom stereocenters. The van der Waals surface area contributed by atoms with E-state index in [2.05, 4.69) is 21.9 Å². The third-order valence-electron chi connectivity index (χ3n) is 3.76. The van der Waals surface area contributed by atoms with E-state index in [0.29, 0.717) is 11.9 Å². The van der Waals surface area contributed by atoms with E-state index in [1.54, 1.807) is 13.3 Å². The SMILES string of the molecule is COc1ncc([C@@H]2CCCN2C)c2cnccc12. The Hall–Kier alpha value is -1.68. The highest BCUT2D eigenvalue weighted by molar-refractivity contribution is 5.89. The van der Waals surface area contributed by atoms with E-state index in [1.807, 2.05) is 18.5 Å². The van der Waals surface area contributed by atoms with Crippen molar-refractivity contribution in [3.8, 4) is 5.88 Å². The van der Waals surface area contributed by atoms with Gasteiger partial charge in [-0.05, 0) is 38.1 Å². The number of likely N-dealkylation sites (tertiary alicyclic amines) is 1. The molecule has 0 aliphatic carbocycles. The van der Waals surface area contributed by atoms with Gasteiger partial charge in [0.05, 0.1) is 7.11 Å². The Labute approximate surface area is 107 Å². The number of fused-ring (bicyclic) bond motifs is 1. The molecule has 4 heteroatoms. The molecule has 0 N–H and O–H groups in total. The van der Waals surface area contributed by atoms with Crippen LogP contribution in [0, 0.1) is 0 Å². The van der Waals surface area contributed by atoms with Crippen molar-refractivity contribution in [3.05, 3.63) is 30.2 Å². The van der Waals surface area contributed by atoms with Gasteiger partial charge in [-0.3, -0.25) is 9.88 Å². The van der Waals surface area contributed by atoms with Gasteiger partial charge in [0.25, 0.3) is 0 Å². The Kier molecular flexibility index (Phi) is 2.88. The monoisotopic (exact) mass is 243 g/mol. The summed E-state index contributed by atoms with van der Waals surface area (Å²) in [5.41, 5.74) is 1.26. The van der Waals surface area contributed by atoms with E-state index in [0.717, 1.165) is 17.3 Å². The molecule has 1 saturated heterocycles. The van der Waals surface area contributed by atoms with Gasteiger partial charge in [0.15, 0.2) is 0 Å². The number of hydrogen-bond acceptors (Lipinski definition) is 4. The van der Waals surface area contributed by atoms with Gasteiger partial charge in [-0.15, -0.1) is 0 Å². The summed E-state index contributed by atoms with van der Waals surface area (Å²) in [5.74, 6) is 0.678. The zero-order chi connectivity index (χ0) is 12.5. The number of pyridine rings is 2. The van der Waals surface area contributed by atoms with Gasteiger partial charge in [0.2, 0.25) is 5.88 Å². The largest absolute Gasteiger partial charge is 0.481 e. The molecule has 0 aromatic carbocycles. The Bertz CT molecular complexity index is 570. The van der Waals surface area contributed by atoms with E-state index in [9.17, 15) is 0 Å². The number of hydrogen-bond donors (Lipinski definition) is 0. The van der Waals surface area contributed by atoms with Gasteiger partial charge in [-0.25, -0.2) is 4.98 Å². The van der Waals surface area contributed by atoms with Crippen molar-refractivity contribution in [2.24, 2.45) is 0 Å². The number of rotatable bonds is 2. The van der Waals surface area contributed by atoms with Crippen molar-refractivity contribution in [1.82, 2.24) is 14.9 Å². The van der Waals surface area contributed by atoms with Gasteiger partial charge in [-0.1, -0.05) is 0 Å². The molecule has 0 spiro atoms. The zero-order valence-electron chi connectivity index (χ0n) is 10.8. The Morgan fingerprint density at radius 3 is 2.94 bits per heavy atom. The average molecular weight is 243 g/mol. The molecule has 0 bridgehead atoms. The summed E-state index contributed by atoms with van der Waals surface area (Å²) in [5, 5.41) is 2.20. The predicted octanol–water partition coefficient (Wildman–Crippen LogP) is 2.41. The van der Waals surface area contributed by atoms with Crippen LogP contribution in [-0.2, 0) is 0 Å². The molecule has 94 valence electrons. The second-order valence-corrected chi connectivity index (χ2v) is 4.78.